The molecule has 0 aliphatic heterocycles. The summed E-state index contributed by atoms with van der Waals surface area (Å²) in [6.45, 7) is 15.3. The molecule has 1 fully saturated rings. The van der Waals surface area contributed by atoms with Gasteiger partial charge < -0.3 is 5.32 Å². The molecular weight excluding hydrogens is 432 g/mol. The van der Waals surface area contributed by atoms with Crippen LogP contribution in [0.3, 0.4) is 0 Å². The Morgan fingerprint density at radius 3 is 2.00 bits per heavy atom. The molecule has 0 bridgehead atoms. The van der Waals surface area contributed by atoms with Gasteiger partial charge in [0.25, 0.3) is 0 Å². The van der Waals surface area contributed by atoms with Gasteiger partial charge in [-0.2, -0.15) is 0 Å². The summed E-state index contributed by atoms with van der Waals surface area (Å²) in [5.41, 5.74) is 7.23. The Hall–Kier alpha value is -2.72. The summed E-state index contributed by atoms with van der Waals surface area (Å²) in [5, 5.41) is 2.98. The molecule has 186 valence electrons. The van der Waals surface area contributed by atoms with Crippen molar-refractivity contribution in [2.24, 2.45) is 0 Å². The highest BCUT2D eigenvalue weighted by Crippen LogP contribution is 2.56. The summed E-state index contributed by atoms with van der Waals surface area (Å²) in [7, 11) is 1.73. The van der Waals surface area contributed by atoms with Crippen molar-refractivity contribution >= 4 is 12.3 Å². The summed E-state index contributed by atoms with van der Waals surface area (Å²) >= 11 is 0. The van der Waals surface area contributed by atoms with Crippen LogP contribution in [0, 0.1) is 6.92 Å². The van der Waals surface area contributed by atoms with E-state index in [1.54, 1.807) is 20.9 Å². The van der Waals surface area contributed by atoms with Crippen molar-refractivity contribution in [2.75, 3.05) is 7.05 Å². The lowest BCUT2D eigenvalue weighted by Crippen LogP contribution is -2.52. The van der Waals surface area contributed by atoms with Gasteiger partial charge in [-0.3, -0.25) is 14.5 Å². The van der Waals surface area contributed by atoms with Gasteiger partial charge in [0, 0.05) is 16.2 Å². The molecule has 0 saturated heterocycles. The third-order valence-corrected chi connectivity index (χ3v) is 8.34. The number of carbonyl (C=O) groups excluding carboxylic acids is 2. The first-order chi connectivity index (χ1) is 16.3. The minimum atomic E-state index is -0.791. The molecule has 2 aromatic carbocycles. The molecule has 2 aromatic rings. The van der Waals surface area contributed by atoms with E-state index in [1.807, 2.05) is 0 Å². The Morgan fingerprint density at radius 1 is 0.971 bits per heavy atom. The number of nitrogens with zero attached hydrogens (tertiary/aromatic N) is 1. The maximum Gasteiger partial charge on any atom is 0.248 e. The predicted molar refractivity (Wildman–Crippen MR) is 143 cm³/mol. The second-order valence-electron chi connectivity index (χ2n) is 12.2. The molecule has 0 unspecified atom stereocenters. The molecule has 1 N–H and O–H groups in total. The zero-order valence-corrected chi connectivity index (χ0v) is 22.6. The fourth-order valence-electron chi connectivity index (χ4n) is 5.47. The van der Waals surface area contributed by atoms with Crippen molar-refractivity contribution in [2.45, 2.75) is 89.6 Å². The van der Waals surface area contributed by atoms with Crippen molar-refractivity contribution in [1.29, 1.82) is 0 Å². The molecule has 4 rings (SSSR count). The standard InChI is InChI=1S/C31H40N2O2/c1-21-17-25-26(29(4,5)14-13-28(25,2)3)18-24(21)31(15-16-31)23-11-9-22(10-12-23)19-33(20-34)27(35)30(6,7)32-8/h9-14,17-18,20,32H,15-16,19H2,1-8H3. The number of fused-ring (bicyclic) bond motifs is 1. The van der Waals surface area contributed by atoms with Gasteiger partial charge in [0.1, 0.15) is 0 Å². The number of carbonyl (C=O) groups is 2. The highest BCUT2D eigenvalue weighted by molar-refractivity contribution is 5.92. The first kappa shape index (κ1) is 25.4. The smallest absolute Gasteiger partial charge is 0.248 e. The lowest BCUT2D eigenvalue weighted by molar-refractivity contribution is -0.143. The average Bonchev–Trinajstić information content (AvgIpc) is 3.62. The lowest BCUT2D eigenvalue weighted by Gasteiger charge is -2.38. The van der Waals surface area contributed by atoms with E-state index in [0.717, 1.165) is 18.4 Å². The third-order valence-electron chi connectivity index (χ3n) is 8.34. The van der Waals surface area contributed by atoms with Gasteiger partial charge in [-0.15, -0.1) is 0 Å². The van der Waals surface area contributed by atoms with E-state index < -0.39 is 5.54 Å². The molecule has 2 amide bonds. The number of imide groups is 1. The van der Waals surface area contributed by atoms with E-state index in [2.05, 4.69) is 88.5 Å². The summed E-state index contributed by atoms with van der Waals surface area (Å²) < 4.78 is 0. The predicted octanol–water partition coefficient (Wildman–Crippen LogP) is 5.68. The summed E-state index contributed by atoms with van der Waals surface area (Å²) in [4.78, 5) is 25.6. The van der Waals surface area contributed by atoms with Gasteiger partial charge in [-0.25, -0.2) is 0 Å². The quantitative estimate of drug-likeness (QED) is 0.416. The molecule has 4 nitrogen and oxygen atoms in total. The Bertz CT molecular complexity index is 1180. The number of amides is 2. The Morgan fingerprint density at radius 2 is 1.51 bits per heavy atom. The topological polar surface area (TPSA) is 49.4 Å². The van der Waals surface area contributed by atoms with Crippen molar-refractivity contribution in [1.82, 2.24) is 10.2 Å². The summed E-state index contributed by atoms with van der Waals surface area (Å²) in [5.74, 6) is -0.234. The average molecular weight is 473 g/mol. The minimum Gasteiger partial charge on any atom is -0.307 e. The zero-order valence-electron chi connectivity index (χ0n) is 22.6. The molecule has 35 heavy (non-hydrogen) atoms. The second-order valence-corrected chi connectivity index (χ2v) is 12.2. The molecule has 0 atom stereocenters. The number of aryl methyl sites for hydroxylation is 1. The Kier molecular flexibility index (Phi) is 6.12. The van der Waals surface area contributed by atoms with Crippen LogP contribution in [0.5, 0.6) is 0 Å². The number of allylic oxidation sites excluding steroid dienone is 2. The van der Waals surface area contributed by atoms with Crippen LogP contribution in [-0.4, -0.2) is 29.8 Å². The molecule has 2 aliphatic carbocycles. The number of hydrogen-bond acceptors (Lipinski definition) is 3. The van der Waals surface area contributed by atoms with E-state index in [9.17, 15) is 9.59 Å². The van der Waals surface area contributed by atoms with E-state index in [4.69, 9.17) is 0 Å². The summed E-state index contributed by atoms with van der Waals surface area (Å²) in [6, 6.07) is 13.4. The number of rotatable bonds is 7. The Balaban J connectivity index is 1.64. The first-order valence-corrected chi connectivity index (χ1v) is 12.7. The fraction of sp³-hybridized carbons (Fsp3) is 0.484. The number of hydrogen-bond donors (Lipinski definition) is 1. The van der Waals surface area contributed by atoms with E-state index in [1.165, 1.54) is 32.7 Å². The maximum absolute atomic E-state index is 12.7. The molecule has 0 aromatic heterocycles. The molecule has 0 spiro atoms. The van der Waals surface area contributed by atoms with Crippen molar-refractivity contribution < 1.29 is 9.59 Å². The zero-order chi connectivity index (χ0) is 25.8. The van der Waals surface area contributed by atoms with Crippen LogP contribution >= 0.6 is 0 Å². The molecule has 1 saturated carbocycles. The van der Waals surface area contributed by atoms with Gasteiger partial charge in [-0.1, -0.05) is 76.2 Å². The molecule has 0 heterocycles. The van der Waals surface area contributed by atoms with Crippen molar-refractivity contribution in [3.05, 3.63) is 81.9 Å². The normalized spacial score (nSPS) is 19.1. The summed E-state index contributed by atoms with van der Waals surface area (Å²) in [6.07, 6.45) is 7.62. The van der Waals surface area contributed by atoms with Gasteiger partial charge in [0.05, 0.1) is 12.1 Å². The van der Waals surface area contributed by atoms with Gasteiger partial charge in [0.2, 0.25) is 12.3 Å². The molecular formula is C31H40N2O2. The minimum absolute atomic E-state index is 0.0131. The SMILES string of the molecule is CNC(C)(C)C(=O)N(C=O)Cc1ccc(C2(c3cc4c(cc3C)C(C)(C)C=CC4(C)C)CC2)cc1. The molecule has 2 aliphatic rings. The van der Waals surface area contributed by atoms with Crippen molar-refractivity contribution in [3.63, 3.8) is 0 Å². The molecule has 0 radical (unpaired) electrons. The van der Waals surface area contributed by atoms with Crippen LogP contribution in [0.25, 0.3) is 0 Å². The maximum atomic E-state index is 12.7. The number of benzene rings is 2. The van der Waals surface area contributed by atoms with E-state index in [-0.39, 0.29) is 28.7 Å². The van der Waals surface area contributed by atoms with Crippen LogP contribution in [-0.2, 0) is 32.4 Å². The third kappa shape index (κ3) is 4.38. The van der Waals surface area contributed by atoms with Crippen molar-refractivity contribution in [3.8, 4) is 0 Å². The fourth-order valence-corrected chi connectivity index (χ4v) is 5.47. The van der Waals surface area contributed by atoms with Gasteiger partial charge >= 0.3 is 0 Å². The van der Waals surface area contributed by atoms with Gasteiger partial charge in [0.15, 0.2) is 0 Å². The number of nitrogens with one attached hydrogen (secondary N) is 1. The van der Waals surface area contributed by atoms with E-state index in [0.29, 0.717) is 6.41 Å². The molecule has 4 heteroatoms. The van der Waals surface area contributed by atoms with Crippen LogP contribution < -0.4 is 5.32 Å². The highest BCUT2D eigenvalue weighted by Gasteiger charge is 2.48. The van der Waals surface area contributed by atoms with Crippen LogP contribution in [0.4, 0.5) is 0 Å². The first-order valence-electron chi connectivity index (χ1n) is 12.7. The van der Waals surface area contributed by atoms with Crippen LogP contribution in [0.1, 0.15) is 87.8 Å². The lowest BCUT2D eigenvalue weighted by atomic mass is 9.66. The number of likely N-dealkylation sites (N-methyl/N-ethyl adjacent to an activating group) is 1. The highest BCUT2D eigenvalue weighted by atomic mass is 16.2. The monoisotopic (exact) mass is 472 g/mol. The second kappa shape index (κ2) is 8.44. The van der Waals surface area contributed by atoms with E-state index >= 15 is 0 Å². The largest absolute Gasteiger partial charge is 0.307 e. The van der Waals surface area contributed by atoms with Crippen LogP contribution in [0.15, 0.2) is 48.6 Å². The Labute approximate surface area is 210 Å². The van der Waals surface area contributed by atoms with Crippen LogP contribution in [0.2, 0.25) is 0 Å². The van der Waals surface area contributed by atoms with Gasteiger partial charge in [-0.05, 0) is 74.0 Å².